The van der Waals surface area contributed by atoms with E-state index in [4.69, 9.17) is 17.3 Å². The third-order valence-electron chi connectivity index (χ3n) is 1.10. The van der Waals surface area contributed by atoms with Crippen molar-refractivity contribution in [2.45, 2.75) is 6.18 Å². The second-order valence-corrected chi connectivity index (χ2v) is 2.69. The summed E-state index contributed by atoms with van der Waals surface area (Å²) in [5.74, 6) is -0.580. The van der Waals surface area contributed by atoms with Crippen molar-refractivity contribution in [3.05, 3.63) is 11.2 Å². The minimum absolute atomic E-state index is 0.122. The summed E-state index contributed by atoms with van der Waals surface area (Å²) in [4.78, 5) is 6.85. The number of nitrogen functional groups attached to an aromatic ring is 1. The van der Waals surface area contributed by atoms with Gasteiger partial charge in [0.15, 0.2) is 6.61 Å². The molecule has 0 aliphatic heterocycles. The number of hydrogen-bond acceptors (Lipinski definition) is 4. The van der Waals surface area contributed by atoms with Crippen LogP contribution in [0.4, 0.5) is 19.1 Å². The fourth-order valence-electron chi connectivity index (χ4n) is 0.616. The molecule has 78 valence electrons. The van der Waals surface area contributed by atoms with Crippen LogP contribution in [0.5, 0.6) is 5.88 Å². The maximum Gasteiger partial charge on any atom is 0.422 e. The lowest BCUT2D eigenvalue weighted by Gasteiger charge is -2.08. The second kappa shape index (κ2) is 3.87. The summed E-state index contributed by atoms with van der Waals surface area (Å²) in [5.41, 5.74) is 5.12. The Labute approximate surface area is 81.9 Å². The molecule has 1 rings (SSSR count). The predicted molar refractivity (Wildman–Crippen MR) is 43.0 cm³/mol. The molecule has 4 nitrogen and oxygen atoms in total. The largest absolute Gasteiger partial charge is 0.467 e. The van der Waals surface area contributed by atoms with Crippen molar-refractivity contribution in [3.8, 4) is 5.88 Å². The molecule has 0 aromatic carbocycles. The summed E-state index contributed by atoms with van der Waals surface area (Å²) in [5, 5.41) is -0.122. The third-order valence-corrected chi connectivity index (χ3v) is 1.36. The molecule has 0 spiro atoms. The van der Waals surface area contributed by atoms with E-state index in [1.54, 1.807) is 0 Å². The number of aromatic nitrogens is 2. The van der Waals surface area contributed by atoms with Crippen LogP contribution in [0.25, 0.3) is 0 Å². The molecule has 0 bridgehead atoms. The highest BCUT2D eigenvalue weighted by Gasteiger charge is 2.29. The average Bonchev–Trinajstić information content (AvgIpc) is 2.05. The summed E-state index contributed by atoms with van der Waals surface area (Å²) < 4.78 is 39.5. The van der Waals surface area contributed by atoms with E-state index in [0.29, 0.717) is 0 Å². The zero-order valence-corrected chi connectivity index (χ0v) is 7.43. The van der Waals surface area contributed by atoms with Gasteiger partial charge in [-0.3, -0.25) is 0 Å². The summed E-state index contributed by atoms with van der Waals surface area (Å²) >= 11 is 5.45. The molecule has 2 N–H and O–H groups in total. The van der Waals surface area contributed by atoms with Crippen LogP contribution in [-0.2, 0) is 0 Å². The lowest BCUT2D eigenvalue weighted by atomic mass is 10.6. The molecule has 8 heteroatoms. The van der Waals surface area contributed by atoms with Gasteiger partial charge >= 0.3 is 6.18 Å². The zero-order valence-electron chi connectivity index (χ0n) is 6.68. The maximum absolute atomic E-state index is 11.7. The standard InChI is InChI=1S/C6H5ClF3N3O/c7-3-1-12-5(11)13-4(3)14-2-6(8,9)10/h1H,2H2,(H2,11,12,13). The van der Waals surface area contributed by atoms with Crippen molar-refractivity contribution < 1.29 is 17.9 Å². The van der Waals surface area contributed by atoms with Crippen LogP contribution in [0.2, 0.25) is 5.02 Å². The monoisotopic (exact) mass is 227 g/mol. The predicted octanol–water partition coefficient (Wildman–Crippen LogP) is 1.65. The molecule has 0 saturated carbocycles. The Bertz CT molecular complexity index is 331. The van der Waals surface area contributed by atoms with E-state index >= 15 is 0 Å². The Hall–Kier alpha value is -1.24. The Morgan fingerprint density at radius 2 is 2.14 bits per heavy atom. The van der Waals surface area contributed by atoms with E-state index in [9.17, 15) is 13.2 Å². The Morgan fingerprint density at radius 1 is 1.50 bits per heavy atom. The van der Waals surface area contributed by atoms with Crippen molar-refractivity contribution in [2.24, 2.45) is 0 Å². The van der Waals surface area contributed by atoms with E-state index in [1.807, 2.05) is 0 Å². The van der Waals surface area contributed by atoms with E-state index in [1.165, 1.54) is 0 Å². The molecular weight excluding hydrogens is 223 g/mol. The number of alkyl halides is 3. The molecule has 0 saturated heterocycles. The smallest absolute Gasteiger partial charge is 0.422 e. The maximum atomic E-state index is 11.7. The number of anilines is 1. The van der Waals surface area contributed by atoms with Gasteiger partial charge in [-0.1, -0.05) is 11.6 Å². The molecule has 0 unspecified atom stereocenters. The molecule has 0 fully saturated rings. The summed E-state index contributed by atoms with van der Waals surface area (Å²) in [6, 6.07) is 0. The minimum Gasteiger partial charge on any atom is -0.467 e. The van der Waals surface area contributed by atoms with Gasteiger partial charge < -0.3 is 10.5 Å². The van der Waals surface area contributed by atoms with Crippen LogP contribution >= 0.6 is 11.6 Å². The first-order chi connectivity index (χ1) is 6.38. The van der Waals surface area contributed by atoms with Crippen LogP contribution in [0.3, 0.4) is 0 Å². The molecule has 0 amide bonds. The normalized spacial score (nSPS) is 11.4. The van der Waals surface area contributed by atoms with Gasteiger partial charge in [0.1, 0.15) is 5.02 Å². The van der Waals surface area contributed by atoms with Gasteiger partial charge in [-0.25, -0.2) is 4.98 Å². The second-order valence-electron chi connectivity index (χ2n) is 2.29. The highest BCUT2D eigenvalue weighted by Crippen LogP contribution is 2.23. The number of hydrogen-bond donors (Lipinski definition) is 1. The Morgan fingerprint density at radius 3 is 2.71 bits per heavy atom. The van der Waals surface area contributed by atoms with Crippen molar-refractivity contribution in [3.63, 3.8) is 0 Å². The fraction of sp³-hybridized carbons (Fsp3) is 0.333. The van der Waals surface area contributed by atoms with E-state index in [2.05, 4.69) is 14.7 Å². The van der Waals surface area contributed by atoms with Gasteiger partial charge in [-0.05, 0) is 0 Å². The van der Waals surface area contributed by atoms with Crippen LogP contribution in [0.1, 0.15) is 0 Å². The Kier molecular flexibility index (Phi) is 3.00. The van der Waals surface area contributed by atoms with E-state index in [0.717, 1.165) is 6.20 Å². The molecule has 1 heterocycles. The summed E-state index contributed by atoms with van der Waals surface area (Å²) in [6.45, 7) is -1.47. The van der Waals surface area contributed by atoms with Crippen molar-refractivity contribution in [2.75, 3.05) is 12.3 Å². The van der Waals surface area contributed by atoms with Crippen LogP contribution in [0, 0.1) is 0 Å². The van der Waals surface area contributed by atoms with Gasteiger partial charge in [0.05, 0.1) is 6.20 Å². The molecule has 1 aromatic rings. The zero-order chi connectivity index (χ0) is 10.8. The van der Waals surface area contributed by atoms with Crippen molar-refractivity contribution in [1.29, 1.82) is 0 Å². The number of rotatable bonds is 2. The third kappa shape index (κ3) is 3.25. The minimum atomic E-state index is -4.44. The van der Waals surface area contributed by atoms with E-state index < -0.39 is 12.8 Å². The molecule has 14 heavy (non-hydrogen) atoms. The molecule has 0 radical (unpaired) electrons. The Balaban J connectivity index is 2.72. The number of nitrogens with two attached hydrogens (primary N) is 1. The van der Waals surface area contributed by atoms with E-state index in [-0.39, 0.29) is 16.9 Å². The quantitative estimate of drug-likeness (QED) is 0.835. The highest BCUT2D eigenvalue weighted by atomic mass is 35.5. The first-order valence-corrected chi connectivity index (χ1v) is 3.74. The lowest BCUT2D eigenvalue weighted by molar-refractivity contribution is -0.154. The van der Waals surface area contributed by atoms with Gasteiger partial charge in [0, 0.05) is 0 Å². The SMILES string of the molecule is Nc1ncc(Cl)c(OCC(F)(F)F)n1. The number of nitrogens with zero attached hydrogens (tertiary/aromatic N) is 2. The van der Waals surface area contributed by atoms with Crippen LogP contribution in [-0.4, -0.2) is 22.8 Å². The molecule has 0 atom stereocenters. The van der Waals surface area contributed by atoms with Gasteiger partial charge in [-0.2, -0.15) is 18.2 Å². The lowest BCUT2D eigenvalue weighted by Crippen LogP contribution is -2.20. The van der Waals surface area contributed by atoms with Gasteiger partial charge in [0.25, 0.3) is 0 Å². The average molecular weight is 228 g/mol. The first kappa shape index (κ1) is 10.8. The topological polar surface area (TPSA) is 61.0 Å². The van der Waals surface area contributed by atoms with Crippen molar-refractivity contribution in [1.82, 2.24) is 9.97 Å². The van der Waals surface area contributed by atoms with Crippen molar-refractivity contribution >= 4 is 17.5 Å². The van der Waals surface area contributed by atoms with Crippen LogP contribution < -0.4 is 10.5 Å². The van der Waals surface area contributed by atoms with Gasteiger partial charge in [-0.15, -0.1) is 0 Å². The number of ether oxygens (including phenoxy) is 1. The molecule has 1 aromatic heterocycles. The number of halogens is 4. The molecule has 0 aliphatic rings. The summed E-state index contributed by atoms with van der Waals surface area (Å²) in [7, 11) is 0. The van der Waals surface area contributed by atoms with Crippen LogP contribution in [0.15, 0.2) is 6.20 Å². The molecule has 0 aliphatic carbocycles. The molecular formula is C6H5ClF3N3O. The van der Waals surface area contributed by atoms with Gasteiger partial charge in [0.2, 0.25) is 11.8 Å². The first-order valence-electron chi connectivity index (χ1n) is 3.36. The highest BCUT2D eigenvalue weighted by molar-refractivity contribution is 6.31. The summed E-state index contributed by atoms with van der Waals surface area (Å²) in [6.07, 6.45) is -3.38. The fourth-order valence-corrected chi connectivity index (χ4v) is 0.761.